The molecule has 0 aliphatic carbocycles. The normalized spacial score (nSPS) is 11.1. The molecular weight excluding hydrogens is 230 g/mol. The molecule has 0 aliphatic rings. The van der Waals surface area contributed by atoms with E-state index in [2.05, 4.69) is 13.3 Å². The summed E-state index contributed by atoms with van der Waals surface area (Å²) in [6.07, 6.45) is 23.4. The molecule has 0 atom stereocenters. The summed E-state index contributed by atoms with van der Waals surface area (Å²) in [5, 5.41) is 0. The molecule has 0 aliphatic heterocycles. The molecule has 115 valence electrons. The lowest BCUT2D eigenvalue weighted by atomic mass is 10.0. The summed E-state index contributed by atoms with van der Waals surface area (Å²) in [5.74, 6) is 0. The fraction of sp³-hybridized carbons (Fsp3) is 0.944. The van der Waals surface area contributed by atoms with Crippen LogP contribution in [-0.4, -0.2) is 6.54 Å². The van der Waals surface area contributed by atoms with Crippen molar-refractivity contribution in [1.82, 2.24) is 0 Å². The summed E-state index contributed by atoms with van der Waals surface area (Å²) in [7, 11) is 0. The minimum Gasteiger partial charge on any atom is -0.330 e. The highest BCUT2D eigenvalue weighted by atomic mass is 14.5. The Hall–Kier alpha value is -0.0400. The summed E-state index contributed by atoms with van der Waals surface area (Å²) in [5.41, 5.74) is 5.48. The van der Waals surface area contributed by atoms with Crippen molar-refractivity contribution in [3.8, 4) is 0 Å². The van der Waals surface area contributed by atoms with Crippen molar-refractivity contribution in [2.75, 3.05) is 6.54 Å². The van der Waals surface area contributed by atoms with E-state index >= 15 is 0 Å². The molecule has 0 spiro atoms. The minimum absolute atomic E-state index is 0.870. The van der Waals surface area contributed by atoms with E-state index in [4.69, 9.17) is 5.73 Å². The van der Waals surface area contributed by atoms with Crippen molar-refractivity contribution in [2.45, 2.75) is 103 Å². The van der Waals surface area contributed by atoms with Gasteiger partial charge < -0.3 is 5.73 Å². The molecule has 1 radical (unpaired) electrons. The SMILES string of the molecule is CCCCCC[CH]CCCCCCCCCCCN. The summed E-state index contributed by atoms with van der Waals surface area (Å²) in [6, 6.07) is 0. The van der Waals surface area contributed by atoms with Crippen LogP contribution in [0, 0.1) is 6.42 Å². The standard InChI is InChI=1S/C18H38N/c1-2-3-4-5-6-7-8-9-10-11-12-13-14-15-16-17-18-19/h7H,2-6,8-19H2,1H3. The average molecular weight is 269 g/mol. The van der Waals surface area contributed by atoms with Crippen LogP contribution in [0.25, 0.3) is 0 Å². The first-order valence-electron chi connectivity index (χ1n) is 8.93. The topological polar surface area (TPSA) is 26.0 Å². The molecule has 0 aromatic carbocycles. The zero-order valence-corrected chi connectivity index (χ0v) is 13.5. The third-order valence-electron chi connectivity index (χ3n) is 3.87. The summed E-state index contributed by atoms with van der Waals surface area (Å²) in [6.45, 7) is 3.15. The first-order valence-corrected chi connectivity index (χ1v) is 8.93. The second-order valence-corrected chi connectivity index (χ2v) is 5.90. The van der Waals surface area contributed by atoms with Gasteiger partial charge in [-0.2, -0.15) is 0 Å². The van der Waals surface area contributed by atoms with Crippen molar-refractivity contribution >= 4 is 0 Å². The van der Waals surface area contributed by atoms with Gasteiger partial charge in [0.25, 0.3) is 0 Å². The Morgan fingerprint density at radius 1 is 0.579 bits per heavy atom. The summed E-state index contributed by atoms with van der Waals surface area (Å²) in [4.78, 5) is 0. The molecule has 0 unspecified atom stereocenters. The molecule has 0 aromatic heterocycles. The number of hydrogen-bond donors (Lipinski definition) is 1. The molecule has 0 fully saturated rings. The van der Waals surface area contributed by atoms with Crippen LogP contribution in [0.2, 0.25) is 0 Å². The molecule has 0 heterocycles. The molecule has 2 N–H and O–H groups in total. The lowest BCUT2D eigenvalue weighted by Crippen LogP contribution is -1.97. The molecule has 0 bridgehead atoms. The maximum atomic E-state index is 5.48. The van der Waals surface area contributed by atoms with E-state index in [1.165, 1.54) is 96.3 Å². The Morgan fingerprint density at radius 3 is 1.47 bits per heavy atom. The van der Waals surface area contributed by atoms with Crippen LogP contribution < -0.4 is 5.73 Å². The number of hydrogen-bond acceptors (Lipinski definition) is 1. The van der Waals surface area contributed by atoms with Crippen molar-refractivity contribution in [1.29, 1.82) is 0 Å². The van der Waals surface area contributed by atoms with Crippen LogP contribution in [0.15, 0.2) is 0 Å². The highest BCUT2D eigenvalue weighted by Crippen LogP contribution is 2.12. The third kappa shape index (κ3) is 18.0. The smallest absolute Gasteiger partial charge is 0.00773 e. The maximum Gasteiger partial charge on any atom is -0.00773 e. The Labute approximate surface area is 122 Å². The first kappa shape index (κ1) is 19.0. The van der Waals surface area contributed by atoms with Crippen LogP contribution in [0.3, 0.4) is 0 Å². The summed E-state index contributed by atoms with van der Waals surface area (Å²) >= 11 is 0. The van der Waals surface area contributed by atoms with Gasteiger partial charge in [0.1, 0.15) is 0 Å². The Balaban J connectivity index is 2.88. The van der Waals surface area contributed by atoms with E-state index in [9.17, 15) is 0 Å². The predicted molar refractivity (Wildman–Crippen MR) is 88.3 cm³/mol. The average Bonchev–Trinajstić information content (AvgIpc) is 2.43. The van der Waals surface area contributed by atoms with Gasteiger partial charge in [-0.1, -0.05) is 96.8 Å². The van der Waals surface area contributed by atoms with Crippen LogP contribution in [0.5, 0.6) is 0 Å². The maximum absolute atomic E-state index is 5.48. The van der Waals surface area contributed by atoms with E-state index in [1.54, 1.807) is 0 Å². The van der Waals surface area contributed by atoms with Gasteiger partial charge in [-0.05, 0) is 19.4 Å². The Bertz CT molecular complexity index is 129. The van der Waals surface area contributed by atoms with Gasteiger partial charge in [-0.3, -0.25) is 0 Å². The monoisotopic (exact) mass is 268 g/mol. The van der Waals surface area contributed by atoms with Crippen molar-refractivity contribution in [3.05, 3.63) is 6.42 Å². The highest BCUT2D eigenvalue weighted by molar-refractivity contribution is 4.64. The van der Waals surface area contributed by atoms with Gasteiger partial charge in [0.05, 0.1) is 0 Å². The second-order valence-electron chi connectivity index (χ2n) is 5.90. The van der Waals surface area contributed by atoms with E-state index in [0.717, 1.165) is 6.54 Å². The number of rotatable bonds is 16. The van der Waals surface area contributed by atoms with E-state index < -0.39 is 0 Å². The quantitative estimate of drug-likeness (QED) is 0.340. The van der Waals surface area contributed by atoms with Gasteiger partial charge >= 0.3 is 0 Å². The van der Waals surface area contributed by atoms with Crippen LogP contribution in [-0.2, 0) is 0 Å². The Morgan fingerprint density at radius 2 is 1.00 bits per heavy atom. The molecule has 0 rings (SSSR count). The van der Waals surface area contributed by atoms with Gasteiger partial charge in [0.2, 0.25) is 0 Å². The second kappa shape index (κ2) is 18.0. The molecule has 0 amide bonds. The zero-order chi connectivity index (χ0) is 14.0. The molecular formula is C18H38N. The molecule has 0 saturated carbocycles. The van der Waals surface area contributed by atoms with Crippen LogP contribution >= 0.6 is 0 Å². The lowest BCUT2D eigenvalue weighted by molar-refractivity contribution is 0.556. The van der Waals surface area contributed by atoms with Crippen LogP contribution in [0.1, 0.15) is 103 Å². The lowest BCUT2D eigenvalue weighted by Gasteiger charge is -2.03. The molecule has 1 nitrogen and oxygen atoms in total. The molecule has 1 heteroatoms. The Kier molecular flexibility index (Phi) is 17.9. The van der Waals surface area contributed by atoms with E-state index in [1.807, 2.05) is 0 Å². The highest BCUT2D eigenvalue weighted by Gasteiger charge is 1.94. The fourth-order valence-electron chi connectivity index (χ4n) is 2.53. The van der Waals surface area contributed by atoms with E-state index in [0.29, 0.717) is 0 Å². The van der Waals surface area contributed by atoms with Gasteiger partial charge in [0.15, 0.2) is 0 Å². The largest absolute Gasteiger partial charge is 0.330 e. The summed E-state index contributed by atoms with van der Waals surface area (Å²) < 4.78 is 0. The van der Waals surface area contributed by atoms with Crippen molar-refractivity contribution < 1.29 is 0 Å². The number of unbranched alkanes of at least 4 members (excludes halogenated alkanes) is 15. The van der Waals surface area contributed by atoms with Crippen LogP contribution in [0.4, 0.5) is 0 Å². The van der Waals surface area contributed by atoms with Gasteiger partial charge in [0, 0.05) is 0 Å². The third-order valence-corrected chi connectivity index (χ3v) is 3.87. The minimum atomic E-state index is 0.870. The molecule has 19 heavy (non-hydrogen) atoms. The van der Waals surface area contributed by atoms with E-state index in [-0.39, 0.29) is 0 Å². The fourth-order valence-corrected chi connectivity index (χ4v) is 2.53. The zero-order valence-electron chi connectivity index (χ0n) is 13.5. The van der Waals surface area contributed by atoms with Gasteiger partial charge in [-0.15, -0.1) is 0 Å². The van der Waals surface area contributed by atoms with Gasteiger partial charge in [-0.25, -0.2) is 0 Å². The van der Waals surface area contributed by atoms with Crippen molar-refractivity contribution in [3.63, 3.8) is 0 Å². The molecule has 0 saturated heterocycles. The van der Waals surface area contributed by atoms with Crippen molar-refractivity contribution in [2.24, 2.45) is 5.73 Å². The number of nitrogens with two attached hydrogens (primary N) is 1. The molecule has 0 aromatic rings. The first-order chi connectivity index (χ1) is 9.41. The predicted octanol–water partition coefficient (Wildman–Crippen LogP) is 6.02.